The molecule has 2 aromatic heterocycles. The summed E-state index contributed by atoms with van der Waals surface area (Å²) in [5.74, 6) is 0.229. The van der Waals surface area contributed by atoms with Gasteiger partial charge < -0.3 is 8.98 Å². The normalized spacial score (nSPS) is 10.5. The van der Waals surface area contributed by atoms with Gasteiger partial charge in [-0.1, -0.05) is 0 Å². The summed E-state index contributed by atoms with van der Waals surface area (Å²) >= 11 is 4.74. The Morgan fingerprint density at radius 1 is 1.67 bits per heavy atom. The molecule has 78 valence electrons. The van der Waals surface area contributed by atoms with E-state index in [-0.39, 0.29) is 16.3 Å². The van der Waals surface area contributed by atoms with E-state index in [9.17, 15) is 4.79 Å². The second-order valence-corrected chi connectivity index (χ2v) is 3.30. The fraction of sp³-hybridized carbons (Fsp3) is 0.222. The number of hydrogen-bond donors (Lipinski definition) is 1. The highest BCUT2D eigenvalue weighted by Crippen LogP contribution is 2.10. The Balaban J connectivity index is 2.63. The highest BCUT2D eigenvalue weighted by molar-refractivity contribution is 7.71. The molecule has 0 unspecified atom stereocenters. The lowest BCUT2D eigenvalue weighted by Crippen LogP contribution is -2.19. The highest BCUT2D eigenvalue weighted by atomic mass is 32.1. The molecule has 0 fully saturated rings. The standard InChI is InChI=1S/C9H9N3O2S/c1-2-12-5-3-4-6(8(12)13)7-10-11-9(15)14-7/h3-5H,2H2,1H3,(H,11,15). The summed E-state index contributed by atoms with van der Waals surface area (Å²) in [6, 6.07) is 3.43. The van der Waals surface area contributed by atoms with Crippen molar-refractivity contribution >= 4 is 12.2 Å². The van der Waals surface area contributed by atoms with E-state index in [1.54, 1.807) is 22.9 Å². The number of nitrogens with zero attached hydrogens (tertiary/aromatic N) is 2. The van der Waals surface area contributed by atoms with E-state index in [0.29, 0.717) is 12.1 Å². The summed E-state index contributed by atoms with van der Waals surface area (Å²) in [6.07, 6.45) is 1.72. The number of aromatic amines is 1. The molecule has 0 bridgehead atoms. The van der Waals surface area contributed by atoms with Crippen LogP contribution in [0.15, 0.2) is 27.5 Å². The summed E-state index contributed by atoms with van der Waals surface area (Å²) in [7, 11) is 0. The monoisotopic (exact) mass is 223 g/mol. The van der Waals surface area contributed by atoms with Crippen LogP contribution in [0, 0.1) is 4.84 Å². The number of nitrogens with one attached hydrogen (secondary N) is 1. The lowest BCUT2D eigenvalue weighted by molar-refractivity contribution is 0.550. The summed E-state index contributed by atoms with van der Waals surface area (Å²) < 4.78 is 6.66. The molecule has 0 saturated heterocycles. The van der Waals surface area contributed by atoms with Gasteiger partial charge in [-0.3, -0.25) is 4.79 Å². The van der Waals surface area contributed by atoms with Gasteiger partial charge in [0.25, 0.3) is 16.3 Å². The summed E-state index contributed by atoms with van der Waals surface area (Å²) in [5.41, 5.74) is 0.275. The molecule has 2 aromatic rings. The average Bonchev–Trinajstić information content (AvgIpc) is 2.65. The number of rotatable bonds is 2. The van der Waals surface area contributed by atoms with Gasteiger partial charge in [0, 0.05) is 12.7 Å². The Morgan fingerprint density at radius 2 is 2.47 bits per heavy atom. The van der Waals surface area contributed by atoms with Crippen LogP contribution in [0.1, 0.15) is 6.92 Å². The largest absolute Gasteiger partial charge is 0.409 e. The smallest absolute Gasteiger partial charge is 0.284 e. The van der Waals surface area contributed by atoms with Crippen LogP contribution in [0.5, 0.6) is 0 Å². The second kappa shape index (κ2) is 3.82. The van der Waals surface area contributed by atoms with Gasteiger partial charge in [-0.2, -0.15) is 0 Å². The first-order chi connectivity index (χ1) is 7.22. The van der Waals surface area contributed by atoms with Gasteiger partial charge in [0.2, 0.25) is 0 Å². The van der Waals surface area contributed by atoms with Crippen LogP contribution >= 0.6 is 12.2 Å². The predicted octanol–water partition coefficient (Wildman–Crippen LogP) is 1.58. The molecule has 6 heteroatoms. The van der Waals surface area contributed by atoms with Crippen LogP contribution in [0.4, 0.5) is 0 Å². The third kappa shape index (κ3) is 1.75. The van der Waals surface area contributed by atoms with E-state index < -0.39 is 0 Å². The first-order valence-corrected chi connectivity index (χ1v) is 4.88. The zero-order valence-electron chi connectivity index (χ0n) is 8.06. The zero-order chi connectivity index (χ0) is 10.8. The maximum absolute atomic E-state index is 11.8. The van der Waals surface area contributed by atoms with Gasteiger partial charge in [-0.25, -0.2) is 5.10 Å². The van der Waals surface area contributed by atoms with Crippen molar-refractivity contribution in [3.63, 3.8) is 0 Å². The van der Waals surface area contributed by atoms with Crippen molar-refractivity contribution in [3.8, 4) is 11.5 Å². The van der Waals surface area contributed by atoms with Crippen molar-refractivity contribution in [1.82, 2.24) is 14.8 Å². The topological polar surface area (TPSA) is 63.8 Å². The van der Waals surface area contributed by atoms with Gasteiger partial charge >= 0.3 is 0 Å². The molecule has 0 aliphatic rings. The minimum absolute atomic E-state index is 0.134. The van der Waals surface area contributed by atoms with E-state index in [1.807, 2.05) is 6.92 Å². The molecule has 2 heterocycles. The van der Waals surface area contributed by atoms with E-state index in [2.05, 4.69) is 10.2 Å². The molecule has 15 heavy (non-hydrogen) atoms. The number of aryl methyl sites for hydroxylation is 1. The molecule has 2 rings (SSSR count). The van der Waals surface area contributed by atoms with Crippen LogP contribution in [0.25, 0.3) is 11.5 Å². The molecular weight excluding hydrogens is 214 g/mol. The minimum atomic E-state index is -0.134. The van der Waals surface area contributed by atoms with Crippen molar-refractivity contribution in [2.75, 3.05) is 0 Å². The Hall–Kier alpha value is -1.69. The molecule has 0 aromatic carbocycles. The fourth-order valence-electron chi connectivity index (χ4n) is 1.29. The van der Waals surface area contributed by atoms with Gasteiger partial charge in [-0.15, -0.1) is 5.10 Å². The molecule has 1 N–H and O–H groups in total. The maximum atomic E-state index is 11.8. The second-order valence-electron chi connectivity index (χ2n) is 2.93. The molecule has 0 amide bonds. The minimum Gasteiger partial charge on any atom is -0.409 e. The summed E-state index contributed by atoms with van der Waals surface area (Å²) in [4.78, 5) is 12.0. The van der Waals surface area contributed by atoms with E-state index >= 15 is 0 Å². The van der Waals surface area contributed by atoms with Crippen molar-refractivity contribution in [2.24, 2.45) is 0 Å². The van der Waals surface area contributed by atoms with Crippen molar-refractivity contribution in [1.29, 1.82) is 0 Å². The van der Waals surface area contributed by atoms with Crippen LogP contribution in [-0.2, 0) is 6.54 Å². The molecule has 0 aliphatic carbocycles. The van der Waals surface area contributed by atoms with E-state index in [0.717, 1.165) is 0 Å². The SMILES string of the molecule is CCn1cccc(-c2n[nH]c(=S)o2)c1=O. The van der Waals surface area contributed by atoms with Gasteiger partial charge in [0.15, 0.2) is 0 Å². The molecule has 5 nitrogen and oxygen atoms in total. The van der Waals surface area contributed by atoms with Crippen LogP contribution in [-0.4, -0.2) is 14.8 Å². The first kappa shape index (κ1) is 9.85. The molecule has 0 saturated carbocycles. The third-order valence-electron chi connectivity index (χ3n) is 2.03. The molecular formula is C9H9N3O2S. The van der Waals surface area contributed by atoms with Crippen molar-refractivity contribution in [3.05, 3.63) is 33.5 Å². The van der Waals surface area contributed by atoms with E-state index in [4.69, 9.17) is 16.6 Å². The van der Waals surface area contributed by atoms with Crippen molar-refractivity contribution in [2.45, 2.75) is 13.5 Å². The zero-order valence-corrected chi connectivity index (χ0v) is 8.87. The van der Waals surface area contributed by atoms with Crippen LogP contribution < -0.4 is 5.56 Å². The Labute approximate surface area is 90.4 Å². The first-order valence-electron chi connectivity index (χ1n) is 4.47. The number of hydrogen-bond acceptors (Lipinski definition) is 4. The lowest BCUT2D eigenvalue weighted by Gasteiger charge is -2.01. The predicted molar refractivity (Wildman–Crippen MR) is 57.1 cm³/mol. The van der Waals surface area contributed by atoms with Crippen LogP contribution in [0.3, 0.4) is 0 Å². The third-order valence-corrected chi connectivity index (χ3v) is 2.20. The van der Waals surface area contributed by atoms with Gasteiger partial charge in [0.05, 0.1) is 0 Å². The molecule has 0 aliphatic heterocycles. The fourth-order valence-corrected chi connectivity index (χ4v) is 1.42. The number of aromatic nitrogens is 3. The Bertz CT molecular complexity index is 581. The Kier molecular flexibility index (Phi) is 2.51. The molecule has 0 radical (unpaired) electrons. The lowest BCUT2D eigenvalue weighted by atomic mass is 10.3. The molecule has 0 atom stereocenters. The number of pyridine rings is 1. The number of H-pyrrole nitrogens is 1. The van der Waals surface area contributed by atoms with Crippen LogP contribution in [0.2, 0.25) is 0 Å². The quantitative estimate of drug-likeness (QED) is 0.785. The van der Waals surface area contributed by atoms with Gasteiger partial charge in [-0.05, 0) is 31.3 Å². The molecule has 0 spiro atoms. The van der Waals surface area contributed by atoms with Crippen molar-refractivity contribution < 1.29 is 4.42 Å². The maximum Gasteiger partial charge on any atom is 0.284 e. The van der Waals surface area contributed by atoms with E-state index in [1.165, 1.54) is 0 Å². The Morgan fingerprint density at radius 3 is 3.07 bits per heavy atom. The summed E-state index contributed by atoms with van der Waals surface area (Å²) in [6.45, 7) is 2.50. The average molecular weight is 223 g/mol. The van der Waals surface area contributed by atoms with Gasteiger partial charge in [0.1, 0.15) is 5.56 Å². The highest BCUT2D eigenvalue weighted by Gasteiger charge is 2.09. The summed E-state index contributed by atoms with van der Waals surface area (Å²) in [5, 5.41) is 6.29.